The maximum absolute atomic E-state index is 12.7. The molecule has 1 amide bonds. The van der Waals surface area contributed by atoms with Crippen LogP contribution in [-0.2, 0) is 4.74 Å². The minimum absolute atomic E-state index is 0.0993. The van der Waals surface area contributed by atoms with E-state index in [0.717, 1.165) is 58.1 Å². The van der Waals surface area contributed by atoms with Crippen molar-refractivity contribution >= 4 is 6.09 Å². The fourth-order valence-corrected chi connectivity index (χ4v) is 5.74. The summed E-state index contributed by atoms with van der Waals surface area (Å²) >= 11 is 0. The van der Waals surface area contributed by atoms with Gasteiger partial charge in [0.05, 0.1) is 29.8 Å². The third kappa shape index (κ3) is 6.22. The fourth-order valence-electron chi connectivity index (χ4n) is 5.74. The van der Waals surface area contributed by atoms with Gasteiger partial charge in [0, 0.05) is 23.6 Å². The van der Waals surface area contributed by atoms with Crippen molar-refractivity contribution in [1.29, 1.82) is 0 Å². The SMILES string of the molecule is CC(C)(C)OC(=O)N1CCCC1c1ncc(-c2ccc(C#Cc3ccc(-c4cnc(C5CCCC5)[nH]4)cc3)cc2)[nH]1. The molecule has 210 valence electrons. The largest absolute Gasteiger partial charge is 0.444 e. The third-order valence-corrected chi connectivity index (χ3v) is 7.87. The van der Waals surface area contributed by atoms with E-state index in [1.807, 2.05) is 57.4 Å². The van der Waals surface area contributed by atoms with Crippen molar-refractivity contribution in [1.82, 2.24) is 24.8 Å². The zero-order valence-corrected chi connectivity index (χ0v) is 24.0. The van der Waals surface area contributed by atoms with Gasteiger partial charge in [-0.2, -0.15) is 0 Å². The van der Waals surface area contributed by atoms with Gasteiger partial charge in [0.2, 0.25) is 0 Å². The van der Waals surface area contributed by atoms with E-state index < -0.39 is 5.60 Å². The summed E-state index contributed by atoms with van der Waals surface area (Å²) in [4.78, 5) is 30.7. The molecule has 0 bridgehead atoms. The van der Waals surface area contributed by atoms with Crippen molar-refractivity contribution in [2.24, 2.45) is 0 Å². The Balaban J connectivity index is 1.09. The molecule has 2 aliphatic rings. The lowest BCUT2D eigenvalue weighted by Crippen LogP contribution is -2.36. The molecule has 2 aromatic heterocycles. The van der Waals surface area contributed by atoms with Gasteiger partial charge < -0.3 is 14.7 Å². The number of likely N-dealkylation sites (tertiary alicyclic amines) is 1. The van der Waals surface area contributed by atoms with Crippen molar-refractivity contribution in [2.45, 2.75) is 76.9 Å². The van der Waals surface area contributed by atoms with Crippen molar-refractivity contribution in [3.8, 4) is 34.4 Å². The van der Waals surface area contributed by atoms with Crippen LogP contribution in [0.3, 0.4) is 0 Å². The normalized spacial score (nSPS) is 17.4. The van der Waals surface area contributed by atoms with E-state index in [0.29, 0.717) is 12.5 Å². The topological polar surface area (TPSA) is 86.9 Å². The molecule has 2 fully saturated rings. The number of hydrogen-bond acceptors (Lipinski definition) is 4. The molecule has 2 N–H and O–H groups in total. The average Bonchev–Trinajstić information content (AvgIpc) is 3.78. The first-order chi connectivity index (χ1) is 19.8. The van der Waals surface area contributed by atoms with Gasteiger partial charge in [-0.15, -0.1) is 0 Å². The molecular formula is C34H37N5O2. The van der Waals surface area contributed by atoms with Gasteiger partial charge >= 0.3 is 6.09 Å². The van der Waals surface area contributed by atoms with Crippen molar-refractivity contribution in [2.75, 3.05) is 6.54 Å². The number of benzene rings is 2. The van der Waals surface area contributed by atoms with Crippen LogP contribution in [-0.4, -0.2) is 43.1 Å². The molecule has 3 heterocycles. The van der Waals surface area contributed by atoms with E-state index in [4.69, 9.17) is 4.74 Å². The summed E-state index contributed by atoms with van der Waals surface area (Å²) in [6, 6.07) is 16.4. The molecule has 1 aliphatic heterocycles. The van der Waals surface area contributed by atoms with E-state index >= 15 is 0 Å². The first-order valence-corrected chi connectivity index (χ1v) is 14.6. The van der Waals surface area contributed by atoms with E-state index in [-0.39, 0.29) is 12.1 Å². The number of aromatic nitrogens is 4. The smallest absolute Gasteiger partial charge is 0.410 e. The predicted molar refractivity (Wildman–Crippen MR) is 160 cm³/mol. The fraction of sp³-hybridized carbons (Fsp3) is 0.382. The van der Waals surface area contributed by atoms with Crippen LogP contribution in [0, 0.1) is 11.8 Å². The van der Waals surface area contributed by atoms with E-state index in [9.17, 15) is 4.79 Å². The first-order valence-electron chi connectivity index (χ1n) is 14.6. The van der Waals surface area contributed by atoms with Crippen molar-refractivity contribution in [3.05, 3.63) is 83.7 Å². The van der Waals surface area contributed by atoms with Crippen LogP contribution in [0.25, 0.3) is 22.5 Å². The highest BCUT2D eigenvalue weighted by atomic mass is 16.6. The molecule has 1 atom stereocenters. The number of H-pyrrole nitrogens is 2. The number of hydrogen-bond donors (Lipinski definition) is 2. The molecule has 1 aliphatic carbocycles. The van der Waals surface area contributed by atoms with Crippen LogP contribution in [0.2, 0.25) is 0 Å². The lowest BCUT2D eigenvalue weighted by atomic mass is 10.1. The molecule has 7 nitrogen and oxygen atoms in total. The predicted octanol–water partition coefficient (Wildman–Crippen LogP) is 7.60. The summed E-state index contributed by atoms with van der Waals surface area (Å²) in [5.74, 6) is 9.04. The number of carbonyl (C=O) groups is 1. The average molecular weight is 548 g/mol. The van der Waals surface area contributed by atoms with Gasteiger partial charge in [-0.1, -0.05) is 48.9 Å². The Bertz CT molecular complexity index is 1560. The van der Waals surface area contributed by atoms with E-state index in [1.54, 1.807) is 4.90 Å². The summed E-state index contributed by atoms with van der Waals surface area (Å²) in [7, 11) is 0. The van der Waals surface area contributed by atoms with Crippen molar-refractivity contribution in [3.63, 3.8) is 0 Å². The Labute approximate surface area is 241 Å². The van der Waals surface area contributed by atoms with Crippen LogP contribution in [0.15, 0.2) is 60.9 Å². The Morgan fingerprint density at radius 1 is 0.805 bits per heavy atom. The summed E-state index contributed by atoms with van der Waals surface area (Å²) in [6.45, 7) is 6.34. The molecule has 4 aromatic rings. The Kier molecular flexibility index (Phi) is 7.40. The standard InChI is InChI=1S/C34H37N5O2/c1-34(2,3)41-33(40)39-20-6-9-30(39)32-36-22-29(38-32)26-18-14-24(15-19-26)11-10-23-12-16-25(17-13-23)28-21-35-31(37-28)27-7-4-5-8-27/h12-19,21-22,27,30H,4-9,20H2,1-3H3,(H,35,37)(H,36,38). The number of imidazole rings is 2. The monoisotopic (exact) mass is 547 g/mol. The summed E-state index contributed by atoms with van der Waals surface area (Å²) in [6.07, 6.45) is 10.4. The Morgan fingerprint density at radius 2 is 1.34 bits per heavy atom. The molecule has 1 saturated heterocycles. The quantitative estimate of drug-likeness (QED) is 0.258. The second kappa shape index (κ2) is 11.3. The van der Waals surface area contributed by atoms with Crippen molar-refractivity contribution < 1.29 is 9.53 Å². The molecule has 41 heavy (non-hydrogen) atoms. The van der Waals surface area contributed by atoms with Gasteiger partial charge in [0.15, 0.2) is 0 Å². The van der Waals surface area contributed by atoms with E-state index in [2.05, 4.69) is 56.0 Å². The number of amides is 1. The number of carbonyl (C=O) groups excluding carboxylic acids is 1. The molecule has 1 unspecified atom stereocenters. The summed E-state index contributed by atoms with van der Waals surface area (Å²) in [5, 5.41) is 0. The zero-order chi connectivity index (χ0) is 28.4. The van der Waals surface area contributed by atoms with Crippen LogP contribution in [0.5, 0.6) is 0 Å². The molecule has 0 radical (unpaired) electrons. The molecule has 1 saturated carbocycles. The minimum Gasteiger partial charge on any atom is -0.444 e. The third-order valence-electron chi connectivity index (χ3n) is 7.87. The maximum atomic E-state index is 12.7. The maximum Gasteiger partial charge on any atom is 0.410 e. The molecule has 2 aromatic carbocycles. The van der Waals surface area contributed by atoms with Crippen LogP contribution in [0.1, 0.15) is 94.0 Å². The second-order valence-corrected chi connectivity index (χ2v) is 12.1. The number of ether oxygens (including phenoxy) is 1. The summed E-state index contributed by atoms with van der Waals surface area (Å²) < 4.78 is 5.61. The van der Waals surface area contributed by atoms with Crippen LogP contribution >= 0.6 is 0 Å². The van der Waals surface area contributed by atoms with Gasteiger partial charge in [-0.05, 0) is 81.8 Å². The Morgan fingerprint density at radius 3 is 1.90 bits per heavy atom. The van der Waals surface area contributed by atoms with Gasteiger partial charge in [-0.3, -0.25) is 4.90 Å². The minimum atomic E-state index is -0.522. The van der Waals surface area contributed by atoms with Gasteiger partial charge in [-0.25, -0.2) is 14.8 Å². The number of aromatic amines is 2. The highest BCUT2D eigenvalue weighted by Crippen LogP contribution is 2.34. The zero-order valence-electron chi connectivity index (χ0n) is 24.0. The lowest BCUT2D eigenvalue weighted by molar-refractivity contribution is 0.0218. The van der Waals surface area contributed by atoms with Gasteiger partial charge in [0.1, 0.15) is 17.2 Å². The first kappa shape index (κ1) is 26.9. The van der Waals surface area contributed by atoms with Crippen LogP contribution < -0.4 is 0 Å². The van der Waals surface area contributed by atoms with Crippen LogP contribution in [0.4, 0.5) is 4.79 Å². The summed E-state index contributed by atoms with van der Waals surface area (Å²) in [5.41, 5.74) is 5.53. The molecule has 0 spiro atoms. The number of rotatable bonds is 4. The van der Waals surface area contributed by atoms with Gasteiger partial charge in [0.25, 0.3) is 0 Å². The molecule has 7 heteroatoms. The number of nitrogens with zero attached hydrogens (tertiary/aromatic N) is 3. The highest BCUT2D eigenvalue weighted by Gasteiger charge is 2.34. The van der Waals surface area contributed by atoms with E-state index in [1.165, 1.54) is 25.7 Å². The highest BCUT2D eigenvalue weighted by molar-refractivity contribution is 5.69. The Hall–Kier alpha value is -4.31. The second-order valence-electron chi connectivity index (χ2n) is 12.1. The lowest BCUT2D eigenvalue weighted by Gasteiger charge is -2.27. The molecule has 6 rings (SSSR count). The molecular weight excluding hydrogens is 510 g/mol. The number of nitrogens with one attached hydrogen (secondary N) is 2.